The van der Waals surface area contributed by atoms with Crippen LogP contribution in [0, 0.1) is 0 Å². The summed E-state index contributed by atoms with van der Waals surface area (Å²) >= 11 is 0. The van der Waals surface area contributed by atoms with E-state index in [4.69, 9.17) is 22.9 Å². The van der Waals surface area contributed by atoms with Crippen molar-refractivity contribution < 1.29 is 42.5 Å². The normalized spacial score (nSPS) is 11.8. The van der Waals surface area contributed by atoms with Crippen molar-refractivity contribution in [3.63, 3.8) is 0 Å². The number of hydrogen-bond acceptors (Lipinski definition) is 13. The van der Waals surface area contributed by atoms with Crippen LogP contribution in [0.4, 0.5) is 56.9 Å². The van der Waals surface area contributed by atoms with Crippen LogP contribution in [-0.4, -0.2) is 13.0 Å². The van der Waals surface area contributed by atoms with Crippen molar-refractivity contribution in [3.05, 3.63) is 78.9 Å². The second-order valence-corrected chi connectivity index (χ2v) is 9.24. The minimum absolute atomic E-state index is 0. The predicted octanol–water partition coefficient (Wildman–Crippen LogP) is 3.17. The number of anilines is 4. The third-order valence-corrected chi connectivity index (χ3v) is 5.85. The van der Waals surface area contributed by atoms with Gasteiger partial charge in [0.25, 0.3) is 0 Å². The Morgan fingerprint density at radius 3 is 1.62 bits per heavy atom. The minimum Gasteiger partial charge on any atom is -0.744 e. The van der Waals surface area contributed by atoms with E-state index in [0.717, 1.165) is 12.1 Å². The van der Waals surface area contributed by atoms with Crippen LogP contribution in [0.2, 0.25) is 0 Å². The van der Waals surface area contributed by atoms with Gasteiger partial charge in [-0.15, -0.1) is 15.3 Å². The molecule has 192 valence electrons. The van der Waals surface area contributed by atoms with Crippen molar-refractivity contribution in [2.24, 2.45) is 30.7 Å². The van der Waals surface area contributed by atoms with Gasteiger partial charge in [0.15, 0.2) is 0 Å². The van der Waals surface area contributed by atoms with Gasteiger partial charge in [0.2, 0.25) is 0 Å². The van der Waals surface area contributed by atoms with Crippen LogP contribution in [-0.2, 0) is 10.1 Å². The first-order valence-electron chi connectivity index (χ1n) is 10.8. The fourth-order valence-electron chi connectivity index (χ4n) is 3.07. The molecule has 4 aromatic carbocycles. The first-order valence-corrected chi connectivity index (χ1v) is 12.2. The van der Waals surface area contributed by atoms with Gasteiger partial charge in [-0.1, -0.05) is 6.07 Å². The van der Waals surface area contributed by atoms with Crippen molar-refractivity contribution in [1.29, 1.82) is 0 Å². The van der Waals surface area contributed by atoms with Crippen LogP contribution in [0.1, 0.15) is 0 Å². The Bertz CT molecular complexity index is 1690. The summed E-state index contributed by atoms with van der Waals surface area (Å²) in [6.07, 6.45) is 0. The second kappa shape index (κ2) is 12.6. The Balaban J connectivity index is 0.00000420. The zero-order chi connectivity index (χ0) is 27.3. The van der Waals surface area contributed by atoms with Crippen LogP contribution < -0.4 is 52.5 Å². The molecule has 0 aliphatic rings. The minimum atomic E-state index is -4.55. The molecule has 0 atom stereocenters. The SMILES string of the molecule is Nc1cccc(N=Nc2cc(N=Nc3ccc(N)c(N=Nc4ccc(S(=O)(=O)[O-])cc4)c3)c(N)cc2N)c1.[Na+]. The van der Waals surface area contributed by atoms with Crippen LogP contribution in [0.15, 0.2) is 114 Å². The summed E-state index contributed by atoms with van der Waals surface area (Å²) in [6, 6.07) is 19.7. The summed E-state index contributed by atoms with van der Waals surface area (Å²) < 4.78 is 33.2. The third-order valence-electron chi connectivity index (χ3n) is 5.01. The number of nitrogens with zero attached hydrogens (tertiary/aromatic N) is 6. The molecule has 0 heterocycles. The van der Waals surface area contributed by atoms with Crippen molar-refractivity contribution in [1.82, 2.24) is 0 Å². The fraction of sp³-hybridized carbons (Fsp3) is 0. The van der Waals surface area contributed by atoms with E-state index >= 15 is 0 Å². The van der Waals surface area contributed by atoms with E-state index in [1.807, 2.05) is 0 Å². The van der Waals surface area contributed by atoms with Gasteiger partial charge in [-0.3, -0.25) is 0 Å². The van der Waals surface area contributed by atoms with Crippen LogP contribution in [0.3, 0.4) is 0 Å². The molecule has 0 aromatic heterocycles. The zero-order valence-corrected chi connectivity index (χ0v) is 23.4. The molecule has 0 aliphatic carbocycles. The van der Waals surface area contributed by atoms with Crippen molar-refractivity contribution in [3.8, 4) is 0 Å². The molecule has 0 saturated carbocycles. The fourth-order valence-corrected chi connectivity index (χ4v) is 3.54. The molecular formula is C24H21N10NaO3S. The molecule has 13 nitrogen and oxygen atoms in total. The molecule has 0 saturated heterocycles. The number of nitrogens with two attached hydrogens (primary N) is 4. The second-order valence-electron chi connectivity index (χ2n) is 7.86. The molecular weight excluding hydrogens is 531 g/mol. The quantitative estimate of drug-likeness (QED) is 0.115. The molecule has 0 spiro atoms. The molecule has 15 heteroatoms. The summed E-state index contributed by atoms with van der Waals surface area (Å²) in [6.45, 7) is 0. The van der Waals surface area contributed by atoms with Gasteiger partial charge < -0.3 is 27.5 Å². The molecule has 8 N–H and O–H groups in total. The molecule has 0 unspecified atom stereocenters. The Morgan fingerprint density at radius 2 is 1.05 bits per heavy atom. The first kappa shape index (κ1) is 29.3. The van der Waals surface area contributed by atoms with Gasteiger partial charge in [-0.25, -0.2) is 8.42 Å². The van der Waals surface area contributed by atoms with E-state index in [0.29, 0.717) is 51.2 Å². The largest absolute Gasteiger partial charge is 1.00 e. The maximum atomic E-state index is 11.1. The van der Waals surface area contributed by atoms with E-state index in [1.165, 1.54) is 18.2 Å². The predicted molar refractivity (Wildman–Crippen MR) is 144 cm³/mol. The standard InChI is InChI=1S/C24H22N10O3S.Na/c25-14-2-1-3-16(10-14)30-33-23-13-24(21(28)12-20(23)27)34-31-17-6-9-19(26)22(11-17)32-29-15-4-7-18(8-5-15)38(35,36)37;/h1-13H,25-28H2,(H,35,36,37);/q;+1/p-1. The van der Waals surface area contributed by atoms with E-state index in [2.05, 4.69) is 30.7 Å². The van der Waals surface area contributed by atoms with Crippen LogP contribution >= 0.6 is 0 Å². The average Bonchev–Trinajstić information content (AvgIpc) is 2.87. The van der Waals surface area contributed by atoms with Crippen LogP contribution in [0.5, 0.6) is 0 Å². The number of hydrogen-bond donors (Lipinski definition) is 4. The first-order chi connectivity index (χ1) is 18.1. The summed E-state index contributed by atoms with van der Waals surface area (Å²) in [7, 11) is -4.55. The summed E-state index contributed by atoms with van der Waals surface area (Å²) in [5.74, 6) is 0. The average molecular weight is 553 g/mol. The Kier molecular flexibility index (Phi) is 9.45. The van der Waals surface area contributed by atoms with Crippen LogP contribution in [0.25, 0.3) is 0 Å². The van der Waals surface area contributed by atoms with Gasteiger partial charge >= 0.3 is 29.6 Å². The number of benzene rings is 4. The van der Waals surface area contributed by atoms with Gasteiger partial charge in [-0.05, 0) is 72.8 Å². The molecule has 39 heavy (non-hydrogen) atoms. The molecule has 4 rings (SSSR count). The van der Waals surface area contributed by atoms with Crippen molar-refractivity contribution in [2.45, 2.75) is 4.90 Å². The zero-order valence-electron chi connectivity index (χ0n) is 20.6. The topological polar surface area (TPSA) is 235 Å². The summed E-state index contributed by atoms with van der Waals surface area (Å²) in [4.78, 5) is -0.366. The van der Waals surface area contributed by atoms with E-state index in [9.17, 15) is 13.0 Å². The number of rotatable bonds is 7. The Morgan fingerprint density at radius 1 is 0.538 bits per heavy atom. The molecule has 0 aliphatic heterocycles. The van der Waals surface area contributed by atoms with Gasteiger partial charge in [-0.2, -0.15) is 15.3 Å². The molecule has 4 aromatic rings. The summed E-state index contributed by atoms with van der Waals surface area (Å²) in [5.41, 5.74) is 27.5. The smallest absolute Gasteiger partial charge is 0.744 e. The van der Waals surface area contributed by atoms with Crippen molar-refractivity contribution in [2.75, 3.05) is 22.9 Å². The number of nitrogen functional groups attached to an aromatic ring is 4. The molecule has 0 radical (unpaired) electrons. The molecule has 0 amide bonds. The number of azo groups is 3. The Hall–Kier alpha value is -4.21. The maximum absolute atomic E-state index is 11.1. The van der Waals surface area contributed by atoms with E-state index in [1.54, 1.807) is 48.5 Å². The van der Waals surface area contributed by atoms with Crippen molar-refractivity contribution >= 4 is 67.0 Å². The Labute approximate surface area is 245 Å². The van der Waals surface area contributed by atoms with Gasteiger partial charge in [0, 0.05) is 5.69 Å². The summed E-state index contributed by atoms with van der Waals surface area (Å²) in [5, 5.41) is 24.8. The maximum Gasteiger partial charge on any atom is 1.00 e. The van der Waals surface area contributed by atoms with E-state index < -0.39 is 10.1 Å². The molecule has 0 bridgehead atoms. The van der Waals surface area contributed by atoms with E-state index in [-0.39, 0.29) is 40.1 Å². The molecule has 0 fully saturated rings. The monoisotopic (exact) mass is 552 g/mol. The van der Waals surface area contributed by atoms with Gasteiger partial charge in [0.1, 0.15) is 27.2 Å². The van der Waals surface area contributed by atoms with Gasteiger partial charge in [0.05, 0.1) is 39.0 Å². The third kappa shape index (κ3) is 7.89.